The summed E-state index contributed by atoms with van der Waals surface area (Å²) in [5.41, 5.74) is 1.83. The summed E-state index contributed by atoms with van der Waals surface area (Å²) in [7, 11) is 1.60. The summed E-state index contributed by atoms with van der Waals surface area (Å²) in [5.74, 6) is -0.168. The van der Waals surface area contributed by atoms with Gasteiger partial charge in [-0.2, -0.15) is 0 Å². The third-order valence-corrected chi connectivity index (χ3v) is 3.04. The number of benzene rings is 1. The Hall–Kier alpha value is -2.04. The molecule has 1 aliphatic rings. The maximum Gasteiger partial charge on any atom is 0.305 e. The molecule has 0 aromatic heterocycles. The van der Waals surface area contributed by atoms with E-state index in [4.69, 9.17) is 9.84 Å². The molecule has 1 aromatic rings. The van der Waals surface area contributed by atoms with Gasteiger partial charge in [-0.3, -0.25) is 9.59 Å². The number of ether oxygens (including phenoxy) is 1. The van der Waals surface area contributed by atoms with Crippen LogP contribution in [0.1, 0.15) is 18.4 Å². The number of carboxylic acids is 1. The molecule has 0 bridgehead atoms. The normalized spacial score (nSPS) is 14.3. The van der Waals surface area contributed by atoms with Crippen LogP contribution in [0.2, 0.25) is 0 Å². The van der Waals surface area contributed by atoms with Crippen LogP contribution < -0.4 is 9.64 Å². The van der Waals surface area contributed by atoms with Gasteiger partial charge < -0.3 is 14.7 Å². The first kappa shape index (κ1) is 12.4. The molecule has 1 aromatic carbocycles. The molecule has 96 valence electrons. The van der Waals surface area contributed by atoms with E-state index in [0.29, 0.717) is 12.8 Å². The zero-order valence-corrected chi connectivity index (χ0v) is 10.2. The number of carbonyl (C=O) groups is 2. The van der Waals surface area contributed by atoms with Crippen molar-refractivity contribution in [1.29, 1.82) is 0 Å². The minimum atomic E-state index is -0.900. The highest BCUT2D eigenvalue weighted by molar-refractivity contribution is 5.96. The second kappa shape index (κ2) is 5.08. The van der Waals surface area contributed by atoms with E-state index in [-0.39, 0.29) is 18.9 Å². The molecule has 1 amide bonds. The molecule has 0 radical (unpaired) electrons. The number of fused-ring (bicyclic) bond motifs is 1. The maximum absolute atomic E-state index is 11.8. The number of carboxylic acid groups (broad SMARTS) is 1. The van der Waals surface area contributed by atoms with Crippen molar-refractivity contribution in [2.75, 3.05) is 18.6 Å². The smallest absolute Gasteiger partial charge is 0.305 e. The molecular weight excluding hydrogens is 234 g/mol. The summed E-state index contributed by atoms with van der Waals surface area (Å²) >= 11 is 0. The van der Waals surface area contributed by atoms with Crippen LogP contribution in [0.5, 0.6) is 5.75 Å². The monoisotopic (exact) mass is 249 g/mol. The first-order valence-electron chi connectivity index (χ1n) is 5.81. The fourth-order valence-electron chi connectivity index (χ4n) is 2.12. The third kappa shape index (κ3) is 2.45. The third-order valence-electron chi connectivity index (χ3n) is 3.04. The van der Waals surface area contributed by atoms with Crippen LogP contribution >= 0.6 is 0 Å². The van der Waals surface area contributed by atoms with Crippen molar-refractivity contribution in [2.45, 2.75) is 19.3 Å². The lowest BCUT2D eigenvalue weighted by Gasteiger charge is -2.29. The Morgan fingerprint density at radius 1 is 1.44 bits per heavy atom. The molecule has 1 N–H and O–H groups in total. The molecule has 0 atom stereocenters. The van der Waals surface area contributed by atoms with E-state index < -0.39 is 5.97 Å². The molecule has 5 heteroatoms. The van der Waals surface area contributed by atoms with E-state index in [1.54, 1.807) is 18.1 Å². The Morgan fingerprint density at radius 2 is 2.22 bits per heavy atom. The lowest BCUT2D eigenvalue weighted by atomic mass is 10.0. The van der Waals surface area contributed by atoms with Gasteiger partial charge in [0.1, 0.15) is 5.75 Å². The van der Waals surface area contributed by atoms with Gasteiger partial charge in [-0.1, -0.05) is 0 Å². The number of carbonyl (C=O) groups excluding carboxylic acids is 1. The molecular formula is C13H15NO4. The minimum absolute atomic E-state index is 0.0195. The van der Waals surface area contributed by atoms with Crippen molar-refractivity contribution in [2.24, 2.45) is 0 Å². The molecule has 1 aliphatic heterocycles. The Balaban J connectivity index is 2.26. The van der Waals surface area contributed by atoms with Gasteiger partial charge in [0.05, 0.1) is 13.5 Å². The highest BCUT2D eigenvalue weighted by atomic mass is 16.5. The molecule has 0 spiro atoms. The second-order valence-corrected chi connectivity index (χ2v) is 4.18. The molecule has 5 nitrogen and oxygen atoms in total. The van der Waals surface area contributed by atoms with Gasteiger partial charge in [-0.25, -0.2) is 0 Å². The van der Waals surface area contributed by atoms with Crippen LogP contribution in [0.4, 0.5) is 5.69 Å². The van der Waals surface area contributed by atoms with Crippen LogP contribution in [0.15, 0.2) is 18.2 Å². The topological polar surface area (TPSA) is 66.8 Å². The Kier molecular flexibility index (Phi) is 3.50. The van der Waals surface area contributed by atoms with Crippen molar-refractivity contribution in [3.05, 3.63) is 23.8 Å². The number of anilines is 1. The van der Waals surface area contributed by atoms with Crippen molar-refractivity contribution in [1.82, 2.24) is 0 Å². The fourth-order valence-corrected chi connectivity index (χ4v) is 2.12. The highest BCUT2D eigenvalue weighted by Gasteiger charge is 2.24. The number of rotatable bonds is 4. The van der Waals surface area contributed by atoms with Crippen molar-refractivity contribution >= 4 is 17.6 Å². The zero-order chi connectivity index (χ0) is 13.1. The first-order chi connectivity index (χ1) is 8.61. The second-order valence-electron chi connectivity index (χ2n) is 4.18. The van der Waals surface area contributed by atoms with E-state index in [2.05, 4.69) is 0 Å². The van der Waals surface area contributed by atoms with Gasteiger partial charge in [0, 0.05) is 18.7 Å². The summed E-state index contributed by atoms with van der Waals surface area (Å²) < 4.78 is 5.14. The van der Waals surface area contributed by atoms with Crippen molar-refractivity contribution < 1.29 is 19.4 Å². The van der Waals surface area contributed by atoms with Gasteiger partial charge in [-0.15, -0.1) is 0 Å². The summed E-state index contributed by atoms with van der Waals surface area (Å²) in [6, 6.07) is 5.49. The predicted molar refractivity (Wildman–Crippen MR) is 65.9 cm³/mol. The Morgan fingerprint density at radius 3 is 2.89 bits per heavy atom. The van der Waals surface area contributed by atoms with Gasteiger partial charge in [0.2, 0.25) is 5.91 Å². The molecule has 0 fully saturated rings. The standard InChI is InChI=1S/C13H15NO4/c1-18-10-3-4-11-9(8-10)2-5-12(15)14(11)7-6-13(16)17/h3-4,8H,2,5-7H2,1H3,(H,16,17). The van der Waals surface area contributed by atoms with Crippen LogP contribution in [0, 0.1) is 0 Å². The summed E-state index contributed by atoms with van der Waals surface area (Å²) in [6.45, 7) is 0.216. The Labute approximate surface area is 105 Å². The lowest BCUT2D eigenvalue weighted by molar-refractivity contribution is -0.136. The molecule has 0 unspecified atom stereocenters. The first-order valence-corrected chi connectivity index (χ1v) is 5.81. The molecule has 0 saturated heterocycles. The van der Waals surface area contributed by atoms with Gasteiger partial charge in [0.15, 0.2) is 0 Å². The van der Waals surface area contributed by atoms with E-state index in [0.717, 1.165) is 17.0 Å². The van der Waals surface area contributed by atoms with Crippen LogP contribution in [0.3, 0.4) is 0 Å². The van der Waals surface area contributed by atoms with Crippen molar-refractivity contribution in [3.8, 4) is 5.75 Å². The number of hydrogen-bond acceptors (Lipinski definition) is 3. The van der Waals surface area contributed by atoms with Gasteiger partial charge in [0.25, 0.3) is 0 Å². The molecule has 1 heterocycles. The fraction of sp³-hybridized carbons (Fsp3) is 0.385. The average Bonchev–Trinajstić information content (AvgIpc) is 2.36. The van der Waals surface area contributed by atoms with Crippen LogP contribution in [-0.4, -0.2) is 30.6 Å². The van der Waals surface area contributed by atoms with E-state index >= 15 is 0 Å². The van der Waals surface area contributed by atoms with Gasteiger partial charge in [-0.05, 0) is 30.2 Å². The van der Waals surface area contributed by atoms with Gasteiger partial charge >= 0.3 is 5.97 Å². The minimum Gasteiger partial charge on any atom is -0.497 e. The van der Waals surface area contributed by atoms with Crippen LogP contribution in [-0.2, 0) is 16.0 Å². The lowest BCUT2D eigenvalue weighted by Crippen LogP contribution is -2.36. The number of amides is 1. The van der Waals surface area contributed by atoms with Crippen molar-refractivity contribution in [3.63, 3.8) is 0 Å². The number of hydrogen-bond donors (Lipinski definition) is 1. The van der Waals surface area contributed by atoms with E-state index in [1.807, 2.05) is 12.1 Å². The zero-order valence-electron chi connectivity index (χ0n) is 10.2. The van der Waals surface area contributed by atoms with Crippen LogP contribution in [0.25, 0.3) is 0 Å². The number of nitrogens with zero attached hydrogens (tertiary/aromatic N) is 1. The maximum atomic E-state index is 11.8. The quantitative estimate of drug-likeness (QED) is 0.877. The van der Waals surface area contributed by atoms with E-state index in [9.17, 15) is 9.59 Å². The predicted octanol–water partition coefficient (Wildman–Crippen LogP) is 1.45. The Bertz CT molecular complexity index is 484. The highest BCUT2D eigenvalue weighted by Crippen LogP contribution is 2.31. The molecule has 0 aliphatic carbocycles. The molecule has 18 heavy (non-hydrogen) atoms. The average molecular weight is 249 g/mol. The number of aliphatic carboxylic acids is 1. The summed E-state index contributed by atoms with van der Waals surface area (Å²) in [5, 5.41) is 8.70. The summed E-state index contributed by atoms with van der Waals surface area (Å²) in [6.07, 6.45) is 1.05. The molecule has 0 saturated carbocycles. The SMILES string of the molecule is COc1ccc2c(c1)CCC(=O)N2CCC(=O)O. The number of methoxy groups -OCH3 is 1. The van der Waals surface area contributed by atoms with E-state index in [1.165, 1.54) is 0 Å². The summed E-state index contributed by atoms with van der Waals surface area (Å²) in [4.78, 5) is 24.0. The molecule has 2 rings (SSSR count). The largest absolute Gasteiger partial charge is 0.497 e. The number of aryl methyl sites for hydroxylation is 1.